The van der Waals surface area contributed by atoms with E-state index in [1.807, 2.05) is 12.3 Å². The molecule has 2 aromatic carbocycles. The summed E-state index contributed by atoms with van der Waals surface area (Å²) in [5.41, 5.74) is 6.88. The van der Waals surface area contributed by atoms with E-state index in [9.17, 15) is 4.39 Å². The number of allylic oxidation sites excluding steroid dienone is 1. The number of rotatable bonds is 2. The van der Waals surface area contributed by atoms with Crippen molar-refractivity contribution in [2.45, 2.75) is 13.3 Å². The molecular formula is C18H16FN. The number of hydrogen-bond acceptors (Lipinski definition) is 1. The summed E-state index contributed by atoms with van der Waals surface area (Å²) in [5.74, 6) is -0.166. The normalized spacial score (nSPS) is 13.7. The molecule has 0 N–H and O–H groups in total. The smallest absolute Gasteiger partial charge is 0.123 e. The average molecular weight is 265 g/mol. The lowest BCUT2D eigenvalue weighted by Crippen LogP contribution is -1.93. The molecule has 0 bridgehead atoms. The summed E-state index contributed by atoms with van der Waals surface area (Å²) in [6.45, 7) is 2.08. The number of halogens is 1. The van der Waals surface area contributed by atoms with Crippen molar-refractivity contribution in [3.8, 4) is 0 Å². The highest BCUT2D eigenvalue weighted by Gasteiger charge is 2.16. The van der Waals surface area contributed by atoms with E-state index in [1.54, 1.807) is 13.1 Å². The first-order valence-electron chi connectivity index (χ1n) is 6.71. The minimum Gasteiger partial charge on any atom is -0.296 e. The van der Waals surface area contributed by atoms with E-state index in [2.05, 4.69) is 36.2 Å². The largest absolute Gasteiger partial charge is 0.296 e. The number of nitrogens with zero attached hydrogens (tertiary/aromatic N) is 1. The highest BCUT2D eigenvalue weighted by molar-refractivity contribution is 5.89. The van der Waals surface area contributed by atoms with Gasteiger partial charge in [0.25, 0.3) is 0 Å². The Balaban J connectivity index is 2.06. The fourth-order valence-corrected chi connectivity index (χ4v) is 2.68. The Morgan fingerprint density at radius 3 is 2.80 bits per heavy atom. The van der Waals surface area contributed by atoms with Gasteiger partial charge in [0.2, 0.25) is 0 Å². The highest BCUT2D eigenvalue weighted by atomic mass is 19.1. The van der Waals surface area contributed by atoms with Gasteiger partial charge in [-0.2, -0.15) is 0 Å². The summed E-state index contributed by atoms with van der Waals surface area (Å²) in [6, 6.07) is 11.4. The lowest BCUT2D eigenvalue weighted by Gasteiger charge is -2.09. The topological polar surface area (TPSA) is 12.4 Å². The van der Waals surface area contributed by atoms with E-state index < -0.39 is 0 Å². The molecule has 0 saturated carbocycles. The van der Waals surface area contributed by atoms with Gasteiger partial charge in [0, 0.05) is 13.3 Å². The van der Waals surface area contributed by atoms with Crippen molar-refractivity contribution in [3.63, 3.8) is 0 Å². The van der Waals surface area contributed by atoms with E-state index in [-0.39, 0.29) is 5.82 Å². The zero-order chi connectivity index (χ0) is 14.1. The zero-order valence-electron chi connectivity index (χ0n) is 11.7. The van der Waals surface area contributed by atoms with Gasteiger partial charge in [-0.1, -0.05) is 24.3 Å². The number of benzene rings is 2. The van der Waals surface area contributed by atoms with Crippen molar-refractivity contribution in [1.29, 1.82) is 0 Å². The Bertz CT molecular complexity index is 726. The van der Waals surface area contributed by atoms with Gasteiger partial charge in [-0.15, -0.1) is 0 Å². The van der Waals surface area contributed by atoms with E-state index in [1.165, 1.54) is 17.2 Å². The number of fused-ring (bicyclic) bond motifs is 1. The summed E-state index contributed by atoms with van der Waals surface area (Å²) < 4.78 is 13.3. The Labute approximate surface area is 118 Å². The molecule has 100 valence electrons. The predicted molar refractivity (Wildman–Crippen MR) is 81.9 cm³/mol. The van der Waals surface area contributed by atoms with Crippen LogP contribution in [0.25, 0.3) is 5.57 Å². The van der Waals surface area contributed by atoms with Gasteiger partial charge < -0.3 is 0 Å². The Hall–Kier alpha value is -2.22. The molecule has 1 aliphatic rings. The average Bonchev–Trinajstić information content (AvgIpc) is 2.84. The third-order valence-corrected chi connectivity index (χ3v) is 3.74. The van der Waals surface area contributed by atoms with Crippen LogP contribution in [0.1, 0.15) is 27.8 Å². The first-order valence-corrected chi connectivity index (χ1v) is 6.71. The number of aliphatic imine (C=N–C) groups is 1. The first kappa shape index (κ1) is 12.8. The van der Waals surface area contributed by atoms with Gasteiger partial charge in [-0.25, -0.2) is 4.39 Å². The maximum atomic E-state index is 13.3. The molecule has 3 rings (SSSR count). The molecule has 2 aromatic rings. The second-order valence-corrected chi connectivity index (χ2v) is 5.08. The molecule has 1 aliphatic carbocycles. The monoisotopic (exact) mass is 265 g/mol. The Morgan fingerprint density at radius 1 is 1.15 bits per heavy atom. The predicted octanol–water partition coefficient (Wildman–Crippen LogP) is 4.17. The molecule has 0 amide bonds. The third kappa shape index (κ3) is 2.18. The zero-order valence-corrected chi connectivity index (χ0v) is 11.7. The van der Waals surface area contributed by atoms with Crippen LogP contribution in [0.2, 0.25) is 0 Å². The fraction of sp³-hybridized carbons (Fsp3) is 0.167. The van der Waals surface area contributed by atoms with Crippen molar-refractivity contribution in [2.24, 2.45) is 4.99 Å². The quantitative estimate of drug-likeness (QED) is 0.723. The molecule has 0 heterocycles. The maximum absolute atomic E-state index is 13.3. The lowest BCUT2D eigenvalue weighted by molar-refractivity contribution is 0.626. The first-order chi connectivity index (χ1) is 9.69. The molecule has 2 heteroatoms. The van der Waals surface area contributed by atoms with Crippen molar-refractivity contribution >= 4 is 11.8 Å². The molecular weight excluding hydrogens is 249 g/mol. The van der Waals surface area contributed by atoms with Crippen LogP contribution in [0.4, 0.5) is 4.39 Å². The summed E-state index contributed by atoms with van der Waals surface area (Å²) in [6.07, 6.45) is 4.84. The van der Waals surface area contributed by atoms with Gasteiger partial charge in [-0.05, 0) is 64.9 Å². The molecule has 0 aliphatic heterocycles. The van der Waals surface area contributed by atoms with Gasteiger partial charge in [0.15, 0.2) is 0 Å². The van der Waals surface area contributed by atoms with Crippen molar-refractivity contribution < 1.29 is 4.39 Å². The molecule has 0 spiro atoms. The maximum Gasteiger partial charge on any atom is 0.123 e. The van der Waals surface area contributed by atoms with Gasteiger partial charge in [-0.3, -0.25) is 4.99 Å². The van der Waals surface area contributed by atoms with Gasteiger partial charge >= 0.3 is 0 Å². The third-order valence-electron chi connectivity index (χ3n) is 3.74. The van der Waals surface area contributed by atoms with Crippen LogP contribution >= 0.6 is 0 Å². The standard InChI is InChI=1S/C18H16FN/c1-12-3-4-13(9-15(12)11-20-2)17-7-5-14-10-16(19)6-8-18(14)17/h3-4,6-11H,5H2,1-2H3. The molecule has 0 radical (unpaired) electrons. The van der Waals surface area contributed by atoms with Crippen LogP contribution in [0.3, 0.4) is 0 Å². The molecule has 0 saturated heterocycles. The van der Waals surface area contributed by atoms with Crippen LogP contribution in [0, 0.1) is 12.7 Å². The SMILES string of the molecule is CN=Cc1cc(C2=CCc3cc(F)ccc32)ccc1C. The number of hydrogen-bond donors (Lipinski definition) is 0. The lowest BCUT2D eigenvalue weighted by atomic mass is 9.96. The van der Waals surface area contributed by atoms with Crippen molar-refractivity contribution in [1.82, 2.24) is 0 Å². The molecule has 1 nitrogen and oxygen atoms in total. The van der Waals surface area contributed by atoms with Gasteiger partial charge in [0.05, 0.1) is 0 Å². The molecule has 0 atom stereocenters. The minimum absolute atomic E-state index is 0.166. The highest BCUT2D eigenvalue weighted by Crippen LogP contribution is 2.33. The number of aryl methyl sites for hydroxylation is 1. The summed E-state index contributed by atoms with van der Waals surface area (Å²) >= 11 is 0. The van der Waals surface area contributed by atoms with Crippen molar-refractivity contribution in [2.75, 3.05) is 7.05 Å². The fourth-order valence-electron chi connectivity index (χ4n) is 2.68. The second-order valence-electron chi connectivity index (χ2n) is 5.08. The molecule has 0 aromatic heterocycles. The van der Waals surface area contributed by atoms with E-state index in [0.29, 0.717) is 0 Å². The minimum atomic E-state index is -0.166. The molecule has 0 unspecified atom stereocenters. The van der Waals surface area contributed by atoms with E-state index in [0.717, 1.165) is 28.7 Å². The summed E-state index contributed by atoms with van der Waals surface area (Å²) in [7, 11) is 1.78. The van der Waals surface area contributed by atoms with E-state index in [4.69, 9.17) is 0 Å². The summed E-state index contributed by atoms with van der Waals surface area (Å²) in [4.78, 5) is 4.10. The van der Waals surface area contributed by atoms with Crippen LogP contribution in [0.5, 0.6) is 0 Å². The molecule has 0 fully saturated rings. The van der Waals surface area contributed by atoms with Crippen LogP contribution < -0.4 is 0 Å². The van der Waals surface area contributed by atoms with Crippen LogP contribution in [-0.2, 0) is 6.42 Å². The Morgan fingerprint density at radius 2 is 2.00 bits per heavy atom. The summed E-state index contributed by atoms with van der Waals surface area (Å²) in [5, 5.41) is 0. The second kappa shape index (κ2) is 5.04. The van der Waals surface area contributed by atoms with Crippen LogP contribution in [0.15, 0.2) is 47.5 Å². The van der Waals surface area contributed by atoms with Crippen molar-refractivity contribution in [3.05, 3.63) is 76.1 Å². The van der Waals surface area contributed by atoms with Gasteiger partial charge in [0.1, 0.15) is 5.82 Å². The Kier molecular flexibility index (Phi) is 3.23. The van der Waals surface area contributed by atoms with Crippen LogP contribution in [-0.4, -0.2) is 13.3 Å². The van der Waals surface area contributed by atoms with E-state index >= 15 is 0 Å². The molecule has 20 heavy (non-hydrogen) atoms.